The van der Waals surface area contributed by atoms with E-state index in [2.05, 4.69) is 5.32 Å². The molecule has 0 aliphatic heterocycles. The summed E-state index contributed by atoms with van der Waals surface area (Å²) in [5.74, 6) is 2.40. The van der Waals surface area contributed by atoms with Gasteiger partial charge in [0, 0.05) is 19.4 Å². The number of nitrogens with one attached hydrogen (secondary N) is 1. The molecule has 0 saturated heterocycles. The first-order valence-corrected chi connectivity index (χ1v) is 10.3. The topological polar surface area (TPSA) is 49.3 Å². The molecule has 2 saturated carbocycles. The predicted molar refractivity (Wildman–Crippen MR) is 97.6 cm³/mol. The normalized spacial score (nSPS) is 21.2. The maximum Gasteiger partial charge on any atom is 0.220 e. The Morgan fingerprint density at radius 3 is 1.96 bits per heavy atom. The second-order valence-electron chi connectivity index (χ2n) is 8.71. The molecule has 0 unspecified atom stereocenters. The summed E-state index contributed by atoms with van der Waals surface area (Å²) < 4.78 is -0.0252. The van der Waals surface area contributed by atoms with Crippen LogP contribution < -0.4 is 5.32 Å². The molecule has 0 radical (unpaired) electrons. The second kappa shape index (κ2) is 9.76. The van der Waals surface area contributed by atoms with Crippen LogP contribution in [0.5, 0.6) is 0 Å². The Morgan fingerprint density at radius 1 is 1.00 bits per heavy atom. The lowest BCUT2D eigenvalue weighted by atomic mass is 9.68. The van der Waals surface area contributed by atoms with Crippen LogP contribution >= 0.6 is 0 Å². The van der Waals surface area contributed by atoms with Crippen LogP contribution in [0.2, 0.25) is 0 Å². The van der Waals surface area contributed by atoms with Crippen LogP contribution in [-0.4, -0.2) is 42.9 Å². The van der Waals surface area contributed by atoms with Crippen molar-refractivity contribution in [2.24, 2.45) is 17.8 Å². The molecule has 2 rings (SSSR count). The standard InChI is InChI=1S/C20H38N2O2/c1-22(2,24)15-9-14-21-20(23)16-19(17-10-5-3-6-11-17)18-12-7-4-8-13-18/h17-19,24H,3-16H2,1-2H3/p+1. The van der Waals surface area contributed by atoms with Crippen LogP contribution in [0.15, 0.2) is 0 Å². The first-order valence-electron chi connectivity index (χ1n) is 10.3. The highest BCUT2D eigenvalue weighted by atomic mass is 16.5. The SMILES string of the molecule is C[N+](C)(O)CCCNC(=O)CC(C1CCCCC1)C1CCCCC1. The highest BCUT2D eigenvalue weighted by molar-refractivity contribution is 5.76. The van der Waals surface area contributed by atoms with Crippen LogP contribution in [0.3, 0.4) is 0 Å². The first kappa shape index (κ1) is 19.7. The van der Waals surface area contributed by atoms with Gasteiger partial charge in [-0.1, -0.05) is 64.2 Å². The zero-order chi connectivity index (χ0) is 17.4. The minimum absolute atomic E-state index is 0.0252. The molecule has 2 aliphatic rings. The Bertz CT molecular complexity index is 348. The molecule has 0 aromatic rings. The Balaban J connectivity index is 1.81. The molecule has 24 heavy (non-hydrogen) atoms. The smallest absolute Gasteiger partial charge is 0.220 e. The molecule has 4 nitrogen and oxygen atoms in total. The average molecular weight is 340 g/mol. The molecule has 2 fully saturated rings. The summed E-state index contributed by atoms with van der Waals surface area (Å²) in [6.07, 6.45) is 15.1. The number of amides is 1. The van der Waals surface area contributed by atoms with Crippen LogP contribution in [0, 0.1) is 17.8 Å². The van der Waals surface area contributed by atoms with E-state index in [0.717, 1.165) is 24.7 Å². The zero-order valence-electron chi connectivity index (χ0n) is 15.9. The van der Waals surface area contributed by atoms with Crippen molar-refractivity contribution < 1.29 is 14.6 Å². The molecule has 0 spiro atoms. The van der Waals surface area contributed by atoms with E-state index in [0.29, 0.717) is 19.0 Å². The maximum atomic E-state index is 12.5. The summed E-state index contributed by atoms with van der Waals surface area (Å²) >= 11 is 0. The van der Waals surface area contributed by atoms with Gasteiger partial charge in [0.25, 0.3) is 0 Å². The Kier molecular flexibility index (Phi) is 8.02. The number of nitrogens with zero attached hydrogens (tertiary/aromatic N) is 1. The summed E-state index contributed by atoms with van der Waals surface area (Å²) in [7, 11) is 3.54. The monoisotopic (exact) mass is 339 g/mol. The molecule has 0 aromatic heterocycles. The summed E-state index contributed by atoms with van der Waals surface area (Å²) in [5, 5.41) is 12.8. The van der Waals surface area contributed by atoms with Gasteiger partial charge >= 0.3 is 0 Å². The van der Waals surface area contributed by atoms with Crippen molar-refractivity contribution in [2.45, 2.75) is 77.0 Å². The van der Waals surface area contributed by atoms with E-state index in [4.69, 9.17) is 0 Å². The minimum atomic E-state index is -0.0252. The van der Waals surface area contributed by atoms with Gasteiger partial charge in [-0.25, -0.2) is 5.21 Å². The minimum Gasteiger partial charge on any atom is -0.356 e. The fourth-order valence-electron chi connectivity index (χ4n) is 4.82. The second-order valence-corrected chi connectivity index (χ2v) is 8.71. The molecule has 4 heteroatoms. The van der Waals surface area contributed by atoms with E-state index in [9.17, 15) is 10.0 Å². The van der Waals surface area contributed by atoms with Crippen molar-refractivity contribution in [1.82, 2.24) is 5.32 Å². The first-order chi connectivity index (χ1) is 11.5. The third-order valence-electron chi connectivity index (χ3n) is 6.14. The van der Waals surface area contributed by atoms with Crippen molar-refractivity contribution in [3.8, 4) is 0 Å². The summed E-state index contributed by atoms with van der Waals surface area (Å²) in [5.41, 5.74) is 0. The lowest BCUT2D eigenvalue weighted by Crippen LogP contribution is -2.39. The lowest BCUT2D eigenvalue weighted by molar-refractivity contribution is -1.07. The fraction of sp³-hybridized carbons (Fsp3) is 0.950. The largest absolute Gasteiger partial charge is 0.356 e. The van der Waals surface area contributed by atoms with Crippen molar-refractivity contribution >= 4 is 5.91 Å². The fourth-order valence-corrected chi connectivity index (χ4v) is 4.82. The van der Waals surface area contributed by atoms with Crippen LogP contribution in [0.4, 0.5) is 0 Å². The highest BCUT2D eigenvalue weighted by Gasteiger charge is 2.32. The van der Waals surface area contributed by atoms with E-state index in [-0.39, 0.29) is 10.6 Å². The van der Waals surface area contributed by atoms with Crippen LogP contribution in [-0.2, 0) is 4.79 Å². The third-order valence-corrected chi connectivity index (χ3v) is 6.14. The molecule has 0 atom stereocenters. The quantitative estimate of drug-likeness (QED) is 0.397. The molecule has 0 aromatic carbocycles. The molecule has 0 heterocycles. The number of hydrogen-bond acceptors (Lipinski definition) is 2. The third kappa shape index (κ3) is 7.10. The van der Waals surface area contributed by atoms with Gasteiger partial charge in [-0.05, 0) is 17.8 Å². The highest BCUT2D eigenvalue weighted by Crippen LogP contribution is 2.41. The number of quaternary nitrogens is 1. The molecule has 2 aliphatic carbocycles. The van der Waals surface area contributed by atoms with Gasteiger partial charge in [0.1, 0.15) is 6.54 Å². The van der Waals surface area contributed by atoms with Crippen LogP contribution in [0.25, 0.3) is 0 Å². The van der Waals surface area contributed by atoms with E-state index in [1.54, 1.807) is 14.1 Å². The van der Waals surface area contributed by atoms with Gasteiger partial charge in [0.05, 0.1) is 14.1 Å². The Morgan fingerprint density at radius 2 is 1.50 bits per heavy atom. The van der Waals surface area contributed by atoms with E-state index < -0.39 is 0 Å². The number of hydroxylamine groups is 3. The van der Waals surface area contributed by atoms with Gasteiger partial charge in [-0.3, -0.25) is 4.79 Å². The Labute approximate surface area is 148 Å². The lowest BCUT2D eigenvalue weighted by Gasteiger charge is -2.37. The summed E-state index contributed by atoms with van der Waals surface area (Å²) in [6.45, 7) is 1.36. The molecule has 0 bridgehead atoms. The van der Waals surface area contributed by atoms with E-state index in [1.165, 1.54) is 64.2 Å². The number of carbonyl (C=O) groups excluding carboxylic acids is 1. The van der Waals surface area contributed by atoms with Gasteiger partial charge in [0.2, 0.25) is 5.91 Å². The summed E-state index contributed by atoms with van der Waals surface area (Å²) in [4.78, 5) is 12.5. The molecular weight excluding hydrogens is 300 g/mol. The van der Waals surface area contributed by atoms with E-state index >= 15 is 0 Å². The average Bonchev–Trinajstić information content (AvgIpc) is 2.57. The molecule has 2 N–H and O–H groups in total. The number of rotatable bonds is 8. The van der Waals surface area contributed by atoms with Gasteiger partial charge < -0.3 is 5.32 Å². The molecule has 1 amide bonds. The molecule has 140 valence electrons. The predicted octanol–water partition coefficient (Wildman–Crippen LogP) is 4.13. The summed E-state index contributed by atoms with van der Waals surface area (Å²) in [6, 6.07) is 0. The van der Waals surface area contributed by atoms with Gasteiger partial charge in [-0.15, -0.1) is 0 Å². The molecular formula is C20H39N2O2+. The van der Waals surface area contributed by atoms with Crippen molar-refractivity contribution in [3.05, 3.63) is 0 Å². The zero-order valence-corrected chi connectivity index (χ0v) is 15.9. The van der Waals surface area contributed by atoms with Crippen molar-refractivity contribution in [1.29, 1.82) is 0 Å². The van der Waals surface area contributed by atoms with Crippen LogP contribution in [0.1, 0.15) is 77.0 Å². The number of hydrogen-bond donors (Lipinski definition) is 2. The Hall–Kier alpha value is -0.610. The van der Waals surface area contributed by atoms with Crippen molar-refractivity contribution in [3.63, 3.8) is 0 Å². The maximum absolute atomic E-state index is 12.5. The number of carbonyl (C=O) groups is 1. The van der Waals surface area contributed by atoms with E-state index in [1.807, 2.05) is 0 Å². The van der Waals surface area contributed by atoms with Gasteiger partial charge in [-0.2, -0.15) is 4.65 Å². The van der Waals surface area contributed by atoms with Crippen molar-refractivity contribution in [2.75, 3.05) is 27.2 Å². The van der Waals surface area contributed by atoms with Gasteiger partial charge in [0.15, 0.2) is 0 Å².